The first-order chi connectivity index (χ1) is 14.2. The lowest BCUT2D eigenvalue weighted by molar-refractivity contribution is -0.137. The van der Waals surface area contributed by atoms with Crippen LogP contribution in [-0.4, -0.2) is 62.5 Å². The molecule has 0 aromatic rings. The van der Waals surface area contributed by atoms with Gasteiger partial charge in [0.1, 0.15) is 6.29 Å². The summed E-state index contributed by atoms with van der Waals surface area (Å²) in [5, 5.41) is 11.2. The van der Waals surface area contributed by atoms with Crippen LogP contribution in [0.1, 0.15) is 70.6 Å². The van der Waals surface area contributed by atoms with Crippen molar-refractivity contribution < 1.29 is 9.53 Å². The van der Waals surface area contributed by atoms with E-state index in [9.17, 15) is 4.79 Å². The van der Waals surface area contributed by atoms with Gasteiger partial charge in [0.15, 0.2) is 0 Å². The normalized spacial score (nSPS) is 39.3. The fraction of sp³-hybridized carbons (Fsp3) is 0.957. The van der Waals surface area contributed by atoms with Crippen molar-refractivity contribution in [3.05, 3.63) is 0 Å². The van der Waals surface area contributed by atoms with Crippen molar-refractivity contribution in [2.24, 2.45) is 17.8 Å². The maximum atomic E-state index is 12.7. The van der Waals surface area contributed by atoms with Crippen LogP contribution in [0.5, 0.6) is 0 Å². The first kappa shape index (κ1) is 21.5. The minimum absolute atomic E-state index is 0.223. The molecule has 0 radical (unpaired) electrons. The van der Waals surface area contributed by atoms with Gasteiger partial charge in [-0.2, -0.15) is 0 Å². The number of rotatable bonds is 5. The molecule has 2 heterocycles. The van der Waals surface area contributed by atoms with E-state index in [0.29, 0.717) is 18.1 Å². The van der Waals surface area contributed by atoms with Crippen molar-refractivity contribution in [3.8, 4) is 0 Å². The van der Waals surface area contributed by atoms with E-state index in [0.717, 1.165) is 63.7 Å². The lowest BCUT2D eigenvalue weighted by Crippen LogP contribution is -2.63. The number of nitrogens with zero attached hydrogens (tertiary/aromatic N) is 1. The summed E-state index contributed by atoms with van der Waals surface area (Å²) in [6.45, 7) is 4.19. The zero-order valence-electron chi connectivity index (χ0n) is 18.3. The highest BCUT2D eigenvalue weighted by Gasteiger charge is 2.33. The molecular weight excluding hydrogens is 364 g/mol. The Morgan fingerprint density at radius 2 is 1.52 bits per heavy atom. The Balaban J connectivity index is 1.13. The zero-order chi connectivity index (χ0) is 20.1. The molecule has 2 aliphatic heterocycles. The van der Waals surface area contributed by atoms with E-state index in [4.69, 9.17) is 4.74 Å². The highest BCUT2D eigenvalue weighted by atomic mass is 16.5. The summed E-state index contributed by atoms with van der Waals surface area (Å²) in [5.74, 6) is 2.27. The summed E-state index contributed by atoms with van der Waals surface area (Å²) in [7, 11) is 1.85. The number of amides is 1. The van der Waals surface area contributed by atoms with Crippen LogP contribution < -0.4 is 16.0 Å². The SMILES string of the molecule is COC1CCC(C2CNC(NC3CCC(C(=O)N4CCCCC4)CC3)NC2)CC1. The molecule has 2 saturated carbocycles. The summed E-state index contributed by atoms with van der Waals surface area (Å²) in [5.41, 5.74) is 0. The standard InChI is InChI=1S/C23H42N4O2/c1-29-21-11-7-17(8-12-21)19-15-24-23(25-16-19)26-20-9-5-18(6-10-20)22(28)27-13-3-2-4-14-27/h17-21,23-26H,2-16H2,1H3. The summed E-state index contributed by atoms with van der Waals surface area (Å²) in [4.78, 5) is 14.9. The number of nitrogens with one attached hydrogen (secondary N) is 3. The van der Waals surface area contributed by atoms with Gasteiger partial charge in [0, 0.05) is 45.2 Å². The van der Waals surface area contributed by atoms with Crippen LogP contribution in [0.15, 0.2) is 0 Å². The van der Waals surface area contributed by atoms with Crippen molar-refractivity contribution in [3.63, 3.8) is 0 Å². The molecule has 3 N–H and O–H groups in total. The predicted molar refractivity (Wildman–Crippen MR) is 115 cm³/mol. The fourth-order valence-corrected chi connectivity index (χ4v) is 6.04. The number of ether oxygens (including phenoxy) is 1. The van der Waals surface area contributed by atoms with Crippen molar-refractivity contribution in [2.45, 2.75) is 89.1 Å². The Bertz CT molecular complexity index is 501. The molecular formula is C23H42N4O2. The minimum Gasteiger partial charge on any atom is -0.381 e. The van der Waals surface area contributed by atoms with E-state index < -0.39 is 0 Å². The molecule has 166 valence electrons. The van der Waals surface area contributed by atoms with E-state index in [1.807, 2.05) is 7.11 Å². The number of carbonyl (C=O) groups is 1. The molecule has 0 atom stereocenters. The van der Waals surface area contributed by atoms with E-state index in [-0.39, 0.29) is 12.2 Å². The highest BCUT2D eigenvalue weighted by Crippen LogP contribution is 2.32. The Morgan fingerprint density at radius 3 is 2.14 bits per heavy atom. The van der Waals surface area contributed by atoms with E-state index in [2.05, 4.69) is 20.9 Å². The first-order valence-electron chi connectivity index (χ1n) is 12.3. The van der Waals surface area contributed by atoms with Gasteiger partial charge in [-0.05, 0) is 82.5 Å². The van der Waals surface area contributed by atoms with Crippen LogP contribution in [0.25, 0.3) is 0 Å². The molecule has 2 saturated heterocycles. The van der Waals surface area contributed by atoms with Gasteiger partial charge in [-0.1, -0.05) is 0 Å². The summed E-state index contributed by atoms with van der Waals surface area (Å²) in [6.07, 6.45) is 13.8. The van der Waals surface area contributed by atoms with Gasteiger partial charge in [-0.15, -0.1) is 0 Å². The maximum absolute atomic E-state index is 12.7. The Morgan fingerprint density at radius 1 is 0.862 bits per heavy atom. The smallest absolute Gasteiger partial charge is 0.225 e. The van der Waals surface area contributed by atoms with E-state index in [1.54, 1.807) is 0 Å². The lowest BCUT2D eigenvalue weighted by atomic mass is 9.78. The van der Waals surface area contributed by atoms with Crippen LogP contribution in [0.4, 0.5) is 0 Å². The van der Waals surface area contributed by atoms with Crippen LogP contribution in [0, 0.1) is 17.8 Å². The lowest BCUT2D eigenvalue weighted by Gasteiger charge is -2.40. The molecule has 4 rings (SSSR count). The molecule has 0 unspecified atom stereocenters. The number of likely N-dealkylation sites (tertiary alicyclic amines) is 1. The van der Waals surface area contributed by atoms with E-state index >= 15 is 0 Å². The van der Waals surface area contributed by atoms with Crippen LogP contribution in [0.2, 0.25) is 0 Å². The maximum Gasteiger partial charge on any atom is 0.225 e. The Labute approximate surface area is 176 Å². The number of hydrogen-bond acceptors (Lipinski definition) is 5. The summed E-state index contributed by atoms with van der Waals surface area (Å²) < 4.78 is 5.52. The van der Waals surface area contributed by atoms with Gasteiger partial charge in [0.25, 0.3) is 0 Å². The van der Waals surface area contributed by atoms with Crippen LogP contribution in [-0.2, 0) is 9.53 Å². The quantitative estimate of drug-likeness (QED) is 0.654. The molecule has 6 heteroatoms. The molecule has 6 nitrogen and oxygen atoms in total. The average Bonchev–Trinajstić information content (AvgIpc) is 2.80. The number of piperidine rings is 1. The monoisotopic (exact) mass is 406 g/mol. The number of carbonyl (C=O) groups excluding carboxylic acids is 1. The molecule has 1 amide bonds. The molecule has 29 heavy (non-hydrogen) atoms. The Kier molecular flexibility index (Phi) is 7.84. The third-order valence-corrected chi connectivity index (χ3v) is 8.03. The Hall–Kier alpha value is -0.690. The second kappa shape index (κ2) is 10.6. The van der Waals surface area contributed by atoms with Crippen molar-refractivity contribution >= 4 is 5.91 Å². The fourth-order valence-electron chi connectivity index (χ4n) is 6.04. The van der Waals surface area contributed by atoms with Crippen molar-refractivity contribution in [1.29, 1.82) is 0 Å². The van der Waals surface area contributed by atoms with Gasteiger partial charge in [0.05, 0.1) is 6.10 Å². The highest BCUT2D eigenvalue weighted by molar-refractivity contribution is 5.79. The third-order valence-electron chi connectivity index (χ3n) is 8.03. The molecule has 0 aromatic heterocycles. The van der Waals surface area contributed by atoms with Crippen LogP contribution in [0.3, 0.4) is 0 Å². The summed E-state index contributed by atoms with van der Waals surface area (Å²) >= 11 is 0. The first-order valence-corrected chi connectivity index (χ1v) is 12.3. The molecule has 2 aliphatic carbocycles. The third kappa shape index (κ3) is 5.72. The van der Waals surface area contributed by atoms with Crippen LogP contribution >= 0.6 is 0 Å². The molecule has 0 spiro atoms. The second-order valence-electron chi connectivity index (χ2n) is 9.88. The van der Waals surface area contributed by atoms with Gasteiger partial charge in [-0.25, -0.2) is 0 Å². The van der Waals surface area contributed by atoms with Gasteiger partial charge in [-0.3, -0.25) is 20.7 Å². The van der Waals surface area contributed by atoms with Gasteiger partial charge < -0.3 is 9.64 Å². The molecule has 4 fully saturated rings. The van der Waals surface area contributed by atoms with Gasteiger partial charge >= 0.3 is 0 Å². The summed E-state index contributed by atoms with van der Waals surface area (Å²) in [6, 6.07) is 0.527. The largest absolute Gasteiger partial charge is 0.381 e. The second-order valence-corrected chi connectivity index (χ2v) is 9.88. The van der Waals surface area contributed by atoms with Gasteiger partial charge in [0.2, 0.25) is 5.91 Å². The number of methoxy groups -OCH3 is 1. The van der Waals surface area contributed by atoms with E-state index in [1.165, 1.54) is 44.9 Å². The average molecular weight is 407 g/mol. The molecule has 4 aliphatic rings. The van der Waals surface area contributed by atoms with Crippen molar-refractivity contribution in [2.75, 3.05) is 33.3 Å². The molecule has 0 aromatic carbocycles. The van der Waals surface area contributed by atoms with Crippen molar-refractivity contribution in [1.82, 2.24) is 20.9 Å². The minimum atomic E-state index is 0.223. The zero-order valence-corrected chi connectivity index (χ0v) is 18.3. The topological polar surface area (TPSA) is 65.6 Å². The predicted octanol–water partition coefficient (Wildman–Crippen LogP) is 2.45. The molecule has 0 bridgehead atoms. The number of hydrogen-bond donors (Lipinski definition) is 3.